The van der Waals surface area contributed by atoms with Crippen molar-refractivity contribution in [3.8, 4) is 0 Å². The molecule has 2 N–H and O–H groups in total. The summed E-state index contributed by atoms with van der Waals surface area (Å²) in [5, 5.41) is 16.4. The lowest BCUT2D eigenvalue weighted by molar-refractivity contribution is -0.110. The van der Waals surface area contributed by atoms with Crippen molar-refractivity contribution in [3.05, 3.63) is 40.9 Å². The minimum atomic E-state index is -3.78. The van der Waals surface area contributed by atoms with Crippen LogP contribution in [0.5, 0.6) is 0 Å². The van der Waals surface area contributed by atoms with Crippen molar-refractivity contribution in [2.75, 3.05) is 39.2 Å². The Morgan fingerprint density at radius 2 is 2.00 bits per heavy atom. The molecule has 1 aliphatic rings. The molecule has 0 radical (unpaired) electrons. The predicted molar refractivity (Wildman–Crippen MR) is 135 cm³/mol. The first-order chi connectivity index (χ1) is 17.3. The number of benzene rings is 1. The zero-order valence-corrected chi connectivity index (χ0v) is 22.2. The van der Waals surface area contributed by atoms with E-state index >= 15 is 0 Å². The van der Waals surface area contributed by atoms with Crippen molar-refractivity contribution in [1.82, 2.24) is 9.29 Å². The average molecular weight is 541 g/mol. The first kappa shape index (κ1) is 28.2. The number of sulfonamides is 1. The highest BCUT2D eigenvalue weighted by Crippen LogP contribution is 2.25. The number of ether oxygens (including phenoxy) is 2. The van der Waals surface area contributed by atoms with Gasteiger partial charge in [-0.15, -0.1) is 0 Å². The molecule has 2 atom stereocenters. The zero-order valence-electron chi connectivity index (χ0n) is 20.5. The SMILES string of the molecule is CCO[C@@H]1CC[C@@H](O/N=C(/C(=O)Nc2ncc(COC)s2)c2ccc(S(=O)(=O)N(C)CCO)cc2)C1. The number of carbonyl (C=O) groups is 1. The predicted octanol–water partition coefficient (Wildman–Crippen LogP) is 2.22. The lowest BCUT2D eigenvalue weighted by Crippen LogP contribution is -2.29. The van der Waals surface area contributed by atoms with E-state index in [0.717, 1.165) is 22.0 Å². The van der Waals surface area contributed by atoms with Gasteiger partial charge in [-0.2, -0.15) is 4.31 Å². The molecule has 1 fully saturated rings. The van der Waals surface area contributed by atoms with Crippen molar-refractivity contribution in [2.45, 2.75) is 49.9 Å². The molecule has 1 saturated carbocycles. The van der Waals surface area contributed by atoms with E-state index in [2.05, 4.69) is 15.5 Å². The van der Waals surface area contributed by atoms with Gasteiger partial charge in [-0.05, 0) is 31.9 Å². The third kappa shape index (κ3) is 7.31. The molecule has 0 saturated heterocycles. The Balaban J connectivity index is 1.83. The lowest BCUT2D eigenvalue weighted by Gasteiger charge is -2.16. The Kier molecular flexibility index (Phi) is 10.3. The molecular formula is C23H32N4O7S2. The molecule has 198 valence electrons. The van der Waals surface area contributed by atoms with Gasteiger partial charge in [0.1, 0.15) is 6.10 Å². The number of rotatable bonds is 13. The summed E-state index contributed by atoms with van der Waals surface area (Å²) in [4.78, 5) is 23.9. The topological polar surface area (TPSA) is 140 Å². The molecule has 0 aliphatic heterocycles. The molecule has 2 aromatic rings. The average Bonchev–Trinajstić information content (AvgIpc) is 3.49. The number of aliphatic hydroxyl groups is 1. The Morgan fingerprint density at radius 3 is 2.67 bits per heavy atom. The molecule has 1 aliphatic carbocycles. The summed E-state index contributed by atoms with van der Waals surface area (Å²) in [6.07, 6.45) is 3.81. The number of aromatic nitrogens is 1. The van der Waals surface area contributed by atoms with Crippen molar-refractivity contribution in [3.63, 3.8) is 0 Å². The fourth-order valence-electron chi connectivity index (χ4n) is 3.69. The monoisotopic (exact) mass is 540 g/mol. The number of nitrogens with zero attached hydrogens (tertiary/aromatic N) is 3. The number of nitrogens with one attached hydrogen (secondary N) is 1. The van der Waals surface area contributed by atoms with Gasteiger partial charge in [0.2, 0.25) is 10.0 Å². The number of oxime groups is 1. The van der Waals surface area contributed by atoms with Gasteiger partial charge < -0.3 is 19.4 Å². The van der Waals surface area contributed by atoms with E-state index < -0.39 is 15.9 Å². The van der Waals surface area contributed by atoms with Crippen LogP contribution < -0.4 is 5.32 Å². The fraction of sp³-hybridized carbons (Fsp3) is 0.522. The van der Waals surface area contributed by atoms with Crippen LogP contribution in [0.3, 0.4) is 0 Å². The summed E-state index contributed by atoms with van der Waals surface area (Å²) >= 11 is 1.28. The highest BCUT2D eigenvalue weighted by Gasteiger charge is 2.28. The highest BCUT2D eigenvalue weighted by atomic mass is 32.2. The third-order valence-corrected chi connectivity index (χ3v) is 8.32. The van der Waals surface area contributed by atoms with Gasteiger partial charge in [0.05, 0.1) is 29.1 Å². The fourth-order valence-corrected chi connectivity index (χ4v) is 5.63. The number of likely N-dealkylation sites (N-methyl/N-ethyl adjacent to an activating group) is 1. The number of hydrogen-bond donors (Lipinski definition) is 2. The first-order valence-electron chi connectivity index (χ1n) is 11.6. The number of carbonyl (C=O) groups excluding carboxylic acids is 1. The van der Waals surface area contributed by atoms with E-state index in [0.29, 0.717) is 30.3 Å². The number of amides is 1. The van der Waals surface area contributed by atoms with Crippen LogP contribution in [0.4, 0.5) is 5.13 Å². The van der Waals surface area contributed by atoms with Gasteiger partial charge in [-0.1, -0.05) is 28.6 Å². The molecule has 0 bridgehead atoms. The molecular weight excluding hydrogens is 508 g/mol. The maximum Gasteiger partial charge on any atom is 0.280 e. The maximum atomic E-state index is 13.2. The van der Waals surface area contributed by atoms with Gasteiger partial charge in [0, 0.05) is 45.5 Å². The summed E-state index contributed by atoms with van der Waals surface area (Å²) in [7, 11) is -0.825. The Hall–Kier alpha value is -2.42. The van der Waals surface area contributed by atoms with Crippen molar-refractivity contribution < 1.29 is 32.6 Å². The second-order valence-electron chi connectivity index (χ2n) is 8.15. The van der Waals surface area contributed by atoms with Gasteiger partial charge in [0.25, 0.3) is 5.91 Å². The van der Waals surface area contributed by atoms with Crippen molar-refractivity contribution in [1.29, 1.82) is 0 Å². The number of aliphatic hydroxyl groups excluding tert-OH is 1. The van der Waals surface area contributed by atoms with E-state index in [-0.39, 0.29) is 36.0 Å². The van der Waals surface area contributed by atoms with Crippen LogP contribution >= 0.6 is 11.3 Å². The largest absolute Gasteiger partial charge is 0.395 e. The Labute approximate surface area is 215 Å². The quantitative estimate of drug-likeness (QED) is 0.291. The summed E-state index contributed by atoms with van der Waals surface area (Å²) in [5.74, 6) is -0.541. The van der Waals surface area contributed by atoms with E-state index in [9.17, 15) is 13.2 Å². The molecule has 36 heavy (non-hydrogen) atoms. The van der Waals surface area contributed by atoms with Crippen molar-refractivity contribution in [2.24, 2.45) is 5.16 Å². The minimum absolute atomic E-state index is 0.00832. The van der Waals surface area contributed by atoms with Gasteiger partial charge in [-0.25, -0.2) is 13.4 Å². The summed E-state index contributed by atoms with van der Waals surface area (Å²) in [5.41, 5.74) is 0.371. The van der Waals surface area contributed by atoms with Crippen LogP contribution in [-0.4, -0.2) is 80.6 Å². The number of anilines is 1. The molecule has 0 spiro atoms. The minimum Gasteiger partial charge on any atom is -0.395 e. The van der Waals surface area contributed by atoms with E-state index in [4.69, 9.17) is 19.4 Å². The van der Waals surface area contributed by atoms with E-state index in [1.807, 2.05) is 6.92 Å². The van der Waals surface area contributed by atoms with Gasteiger partial charge in [-0.3, -0.25) is 10.1 Å². The third-order valence-electron chi connectivity index (χ3n) is 5.56. The van der Waals surface area contributed by atoms with Crippen LogP contribution in [0, 0.1) is 0 Å². The highest BCUT2D eigenvalue weighted by molar-refractivity contribution is 7.89. The van der Waals surface area contributed by atoms with Gasteiger partial charge >= 0.3 is 0 Å². The number of hydrogen-bond acceptors (Lipinski definition) is 10. The van der Waals surface area contributed by atoms with Crippen LogP contribution in [0.25, 0.3) is 0 Å². The molecule has 1 heterocycles. The summed E-state index contributed by atoms with van der Waals surface area (Å²) in [6.45, 7) is 2.61. The molecule has 11 nitrogen and oxygen atoms in total. The van der Waals surface area contributed by atoms with E-state index in [1.54, 1.807) is 13.3 Å². The van der Waals surface area contributed by atoms with Gasteiger partial charge in [0.15, 0.2) is 10.8 Å². The molecule has 1 aromatic heterocycles. The zero-order chi connectivity index (χ0) is 26.1. The molecule has 13 heteroatoms. The standard InChI is InChI=1S/C23H32N4O7S2/c1-4-33-17-7-8-18(13-17)34-26-21(22(29)25-23-24-14-19(35-23)15-32-3)16-5-9-20(10-6-16)36(30,31)27(2)11-12-28/h5-6,9-10,14,17-18,28H,4,7-8,11-13,15H2,1-3H3,(H,24,25,29)/b26-21+/t17-,18-/m1/s1. The molecule has 1 amide bonds. The normalized spacial score (nSPS) is 18.5. The Morgan fingerprint density at radius 1 is 1.28 bits per heavy atom. The second kappa shape index (κ2) is 13.2. The molecule has 0 unspecified atom stereocenters. The van der Waals surface area contributed by atoms with Crippen LogP contribution in [-0.2, 0) is 35.7 Å². The van der Waals surface area contributed by atoms with E-state index in [1.165, 1.54) is 42.6 Å². The van der Waals surface area contributed by atoms with Crippen molar-refractivity contribution >= 4 is 38.1 Å². The van der Waals surface area contributed by atoms with Crippen LogP contribution in [0.15, 0.2) is 40.5 Å². The lowest BCUT2D eigenvalue weighted by atomic mass is 10.1. The van der Waals surface area contributed by atoms with Crippen LogP contribution in [0.1, 0.15) is 36.6 Å². The smallest absolute Gasteiger partial charge is 0.280 e. The maximum absolute atomic E-state index is 13.2. The van der Waals surface area contributed by atoms with Crippen LogP contribution in [0.2, 0.25) is 0 Å². The Bertz CT molecular complexity index is 1140. The first-order valence-corrected chi connectivity index (χ1v) is 13.8. The molecule has 1 aromatic carbocycles. The second-order valence-corrected chi connectivity index (χ2v) is 11.3. The summed E-state index contributed by atoms with van der Waals surface area (Å²) < 4.78 is 37.1. The summed E-state index contributed by atoms with van der Waals surface area (Å²) in [6, 6.07) is 5.78. The number of thiazole rings is 1. The number of methoxy groups -OCH3 is 1. The molecule has 3 rings (SSSR count).